The van der Waals surface area contributed by atoms with Crippen molar-refractivity contribution in [3.8, 4) is 0 Å². The van der Waals surface area contributed by atoms with E-state index in [1.165, 1.54) is 25.1 Å². The second kappa shape index (κ2) is 5.10. The third kappa shape index (κ3) is 2.80. The fourth-order valence-electron chi connectivity index (χ4n) is 1.00. The Balaban J connectivity index is 3.05. The van der Waals surface area contributed by atoms with Gasteiger partial charge in [-0.25, -0.2) is 0 Å². The normalized spacial score (nSPS) is 12.7. The van der Waals surface area contributed by atoms with Crippen LogP contribution >= 0.6 is 24.0 Å². The highest BCUT2D eigenvalue weighted by atomic mass is 79.9. The van der Waals surface area contributed by atoms with Crippen LogP contribution in [0.15, 0.2) is 28.7 Å². The van der Waals surface area contributed by atoms with Gasteiger partial charge in [-0.3, -0.25) is 0 Å². The lowest BCUT2D eigenvalue weighted by Crippen LogP contribution is -2.09. The number of halogens is 3. The predicted octanol–water partition coefficient (Wildman–Crippen LogP) is 4.28. The van der Waals surface area contributed by atoms with Gasteiger partial charge in [0.1, 0.15) is 0 Å². The SMILES string of the molecule is CCO[P+](=O)C(F)(F)c1ccccc1Br. The minimum absolute atomic E-state index is 0.00472. The maximum Gasteiger partial charge on any atom is 0.591 e. The molecule has 82 valence electrons. The summed E-state index contributed by atoms with van der Waals surface area (Å²) in [5, 5.41) is 0. The maximum atomic E-state index is 13.6. The molecule has 0 fully saturated rings. The molecule has 2 nitrogen and oxygen atoms in total. The Bertz CT molecular complexity index is 371. The molecule has 1 atom stereocenters. The molecule has 0 saturated carbocycles. The summed E-state index contributed by atoms with van der Waals surface area (Å²) in [7, 11) is -3.03. The van der Waals surface area contributed by atoms with E-state index >= 15 is 0 Å². The highest BCUT2D eigenvalue weighted by molar-refractivity contribution is 9.10. The van der Waals surface area contributed by atoms with Crippen molar-refractivity contribution in [2.45, 2.75) is 12.6 Å². The van der Waals surface area contributed by atoms with Crippen LogP contribution in [-0.4, -0.2) is 6.61 Å². The van der Waals surface area contributed by atoms with Crippen LogP contribution in [0.2, 0.25) is 0 Å². The molecule has 0 aliphatic heterocycles. The van der Waals surface area contributed by atoms with Crippen LogP contribution in [0.25, 0.3) is 0 Å². The number of benzene rings is 1. The second-order valence-corrected chi connectivity index (χ2v) is 4.88. The topological polar surface area (TPSA) is 26.3 Å². The van der Waals surface area contributed by atoms with Gasteiger partial charge >= 0.3 is 13.7 Å². The average molecular weight is 298 g/mol. The molecule has 0 radical (unpaired) electrons. The Morgan fingerprint density at radius 1 is 1.47 bits per heavy atom. The summed E-state index contributed by atoms with van der Waals surface area (Å²) in [4.78, 5) is 0. The summed E-state index contributed by atoms with van der Waals surface area (Å²) in [6, 6.07) is 5.76. The molecule has 0 amide bonds. The third-order valence-electron chi connectivity index (χ3n) is 1.67. The Morgan fingerprint density at radius 2 is 2.07 bits per heavy atom. The van der Waals surface area contributed by atoms with Gasteiger partial charge in [-0.15, -0.1) is 13.3 Å². The summed E-state index contributed by atoms with van der Waals surface area (Å²) < 4.78 is 43.0. The van der Waals surface area contributed by atoms with Crippen LogP contribution in [0.1, 0.15) is 12.5 Å². The van der Waals surface area contributed by atoms with E-state index in [1.54, 1.807) is 6.07 Å². The van der Waals surface area contributed by atoms with Crippen molar-refractivity contribution in [3.05, 3.63) is 34.3 Å². The fourth-order valence-corrected chi connectivity index (χ4v) is 2.48. The average Bonchev–Trinajstić information content (AvgIpc) is 2.18. The molecule has 1 rings (SSSR count). The quantitative estimate of drug-likeness (QED) is 0.776. The molecule has 0 saturated heterocycles. The van der Waals surface area contributed by atoms with Crippen molar-refractivity contribution in [1.29, 1.82) is 0 Å². The van der Waals surface area contributed by atoms with E-state index in [2.05, 4.69) is 20.5 Å². The highest BCUT2D eigenvalue weighted by Gasteiger charge is 2.56. The first kappa shape index (κ1) is 12.7. The zero-order valence-corrected chi connectivity index (χ0v) is 10.4. The molecule has 0 bridgehead atoms. The van der Waals surface area contributed by atoms with E-state index in [4.69, 9.17) is 0 Å². The number of alkyl halides is 2. The molecule has 1 unspecified atom stereocenters. The largest absolute Gasteiger partial charge is 0.591 e. The Labute approximate surface area is 95.6 Å². The van der Waals surface area contributed by atoms with Gasteiger partial charge in [0.05, 0.1) is 12.2 Å². The van der Waals surface area contributed by atoms with Crippen LogP contribution in [0, 0.1) is 0 Å². The predicted molar refractivity (Wildman–Crippen MR) is 57.3 cm³/mol. The smallest absolute Gasteiger partial charge is 0.149 e. The minimum Gasteiger partial charge on any atom is -0.149 e. The molecular weight excluding hydrogens is 289 g/mol. The molecule has 6 heteroatoms. The van der Waals surface area contributed by atoms with E-state index < -0.39 is 13.7 Å². The number of rotatable bonds is 4. The van der Waals surface area contributed by atoms with Crippen LogP contribution in [0.4, 0.5) is 8.78 Å². The maximum absolute atomic E-state index is 13.6. The zero-order valence-electron chi connectivity index (χ0n) is 7.91. The van der Waals surface area contributed by atoms with E-state index in [0.717, 1.165) is 0 Å². The van der Waals surface area contributed by atoms with Gasteiger partial charge in [-0.1, -0.05) is 28.1 Å². The van der Waals surface area contributed by atoms with Crippen molar-refractivity contribution in [2.75, 3.05) is 6.61 Å². The lowest BCUT2D eigenvalue weighted by Gasteiger charge is -2.06. The van der Waals surface area contributed by atoms with Gasteiger partial charge in [-0.2, -0.15) is 0 Å². The van der Waals surface area contributed by atoms with Gasteiger partial charge in [-0.05, 0) is 23.6 Å². The van der Waals surface area contributed by atoms with E-state index in [9.17, 15) is 13.3 Å². The first-order valence-corrected chi connectivity index (χ1v) is 6.20. The molecule has 1 aromatic carbocycles. The van der Waals surface area contributed by atoms with E-state index in [0.29, 0.717) is 0 Å². The lowest BCUT2D eigenvalue weighted by molar-refractivity contribution is 0.0742. The van der Waals surface area contributed by atoms with Crippen molar-refractivity contribution in [3.63, 3.8) is 0 Å². The number of hydrogen-bond acceptors (Lipinski definition) is 2. The molecule has 1 aromatic rings. The van der Waals surface area contributed by atoms with E-state index in [1.807, 2.05) is 0 Å². The molecule has 0 aliphatic rings. The Hall–Kier alpha value is -0.380. The third-order valence-corrected chi connectivity index (χ3v) is 3.56. The van der Waals surface area contributed by atoms with Gasteiger partial charge in [0.15, 0.2) is 0 Å². The lowest BCUT2D eigenvalue weighted by atomic mass is 10.2. The Kier molecular flexibility index (Phi) is 4.32. The fraction of sp³-hybridized carbons (Fsp3) is 0.333. The summed E-state index contributed by atoms with van der Waals surface area (Å²) in [5.41, 5.74) is -3.79. The number of hydrogen-bond donors (Lipinski definition) is 0. The van der Waals surface area contributed by atoms with Crippen LogP contribution in [0.5, 0.6) is 0 Å². The minimum atomic E-state index is -3.47. The van der Waals surface area contributed by atoms with Gasteiger partial charge in [0, 0.05) is 4.47 Å². The van der Waals surface area contributed by atoms with Gasteiger partial charge in [0.2, 0.25) is 0 Å². The van der Waals surface area contributed by atoms with Crippen molar-refractivity contribution in [2.24, 2.45) is 0 Å². The van der Waals surface area contributed by atoms with Crippen molar-refractivity contribution < 1.29 is 17.9 Å². The molecule has 0 heterocycles. The molecule has 0 spiro atoms. The first-order chi connectivity index (χ1) is 7.00. The van der Waals surface area contributed by atoms with Crippen molar-refractivity contribution >= 4 is 24.0 Å². The van der Waals surface area contributed by atoms with Gasteiger partial charge < -0.3 is 0 Å². The van der Waals surface area contributed by atoms with Crippen LogP contribution in [-0.2, 0) is 14.8 Å². The van der Waals surface area contributed by atoms with Crippen LogP contribution in [0.3, 0.4) is 0 Å². The summed E-state index contributed by atoms with van der Waals surface area (Å²) in [5.74, 6) is 0. The molecule has 0 aliphatic carbocycles. The summed E-state index contributed by atoms with van der Waals surface area (Å²) in [6.07, 6.45) is 0. The standard InChI is InChI=1S/C9H9BrF2O2P/c1-2-14-15(13)9(11,12)7-5-3-4-6-8(7)10/h3-6H,2H2,1H3/q+1. The zero-order chi connectivity index (χ0) is 11.5. The van der Waals surface area contributed by atoms with Gasteiger partial charge in [0.25, 0.3) is 0 Å². The molecule has 15 heavy (non-hydrogen) atoms. The van der Waals surface area contributed by atoms with E-state index in [-0.39, 0.29) is 16.6 Å². The van der Waals surface area contributed by atoms with Crippen LogP contribution < -0.4 is 0 Å². The molecule has 0 aromatic heterocycles. The second-order valence-electron chi connectivity index (χ2n) is 2.70. The van der Waals surface area contributed by atoms with Crippen molar-refractivity contribution in [1.82, 2.24) is 0 Å². The molecular formula is C9H9BrF2O2P+. The summed E-state index contributed by atoms with van der Waals surface area (Å²) >= 11 is 2.99. The summed E-state index contributed by atoms with van der Waals surface area (Å²) in [6.45, 7) is 1.51. The monoisotopic (exact) mass is 297 g/mol. The first-order valence-electron chi connectivity index (χ1n) is 4.23. The Morgan fingerprint density at radius 3 is 2.60 bits per heavy atom. The highest BCUT2D eigenvalue weighted by Crippen LogP contribution is 2.52. The molecule has 0 N–H and O–H groups in total.